The first-order valence-corrected chi connectivity index (χ1v) is 10.7. The number of carbonyl (C=O) groups is 3. The summed E-state index contributed by atoms with van der Waals surface area (Å²) >= 11 is 1.01. The molecule has 7 heteroatoms. The van der Waals surface area contributed by atoms with Gasteiger partial charge in [0, 0.05) is 17.5 Å². The fourth-order valence-corrected chi connectivity index (χ4v) is 4.81. The molecule has 0 bridgehead atoms. The summed E-state index contributed by atoms with van der Waals surface area (Å²) in [5.74, 6) is 1.62. The standard InChI is InChI=1S/C22H24N2O4S/c1-13-7-16-17(9-22(2,3)10-18(16)28-13)23-20(26)15-6-4-5-14(8-15)11-24-19(25)12-29-21(24)27/h4-8,17H,9-12H2,1-3H3,(H,23,26). The highest BCUT2D eigenvalue weighted by Crippen LogP contribution is 2.42. The number of hydrogen-bond donors (Lipinski definition) is 1. The maximum absolute atomic E-state index is 13.0. The van der Waals surface area contributed by atoms with Crippen LogP contribution in [0.15, 0.2) is 34.7 Å². The molecular weight excluding hydrogens is 388 g/mol. The molecule has 4 rings (SSSR count). The maximum atomic E-state index is 13.0. The molecule has 1 N–H and O–H groups in total. The number of carbonyl (C=O) groups excluding carboxylic acids is 3. The molecule has 0 radical (unpaired) electrons. The second kappa shape index (κ2) is 7.37. The second-order valence-electron chi connectivity index (χ2n) is 8.54. The summed E-state index contributed by atoms with van der Waals surface area (Å²) < 4.78 is 5.85. The molecule has 0 saturated carbocycles. The quantitative estimate of drug-likeness (QED) is 0.813. The van der Waals surface area contributed by atoms with Crippen molar-refractivity contribution in [3.8, 4) is 0 Å². The molecular formula is C22H24N2O4S. The third-order valence-electron chi connectivity index (χ3n) is 5.41. The third kappa shape index (κ3) is 4.10. The van der Waals surface area contributed by atoms with Gasteiger partial charge in [-0.05, 0) is 42.5 Å². The summed E-state index contributed by atoms with van der Waals surface area (Å²) in [6, 6.07) is 8.99. The van der Waals surface area contributed by atoms with Gasteiger partial charge in [0.2, 0.25) is 5.91 Å². The highest BCUT2D eigenvalue weighted by Gasteiger charge is 2.36. The van der Waals surface area contributed by atoms with E-state index in [2.05, 4.69) is 19.2 Å². The van der Waals surface area contributed by atoms with Gasteiger partial charge in [0.1, 0.15) is 11.5 Å². The Balaban J connectivity index is 1.52. The molecule has 2 aromatic rings. The summed E-state index contributed by atoms with van der Waals surface area (Å²) in [6.07, 6.45) is 1.69. The Morgan fingerprint density at radius 2 is 2.10 bits per heavy atom. The molecule has 1 aliphatic carbocycles. The van der Waals surface area contributed by atoms with Crippen LogP contribution in [0.25, 0.3) is 0 Å². The Morgan fingerprint density at radius 1 is 1.31 bits per heavy atom. The van der Waals surface area contributed by atoms with E-state index in [4.69, 9.17) is 4.42 Å². The van der Waals surface area contributed by atoms with Crippen LogP contribution < -0.4 is 5.32 Å². The van der Waals surface area contributed by atoms with Gasteiger partial charge in [-0.15, -0.1) is 0 Å². The van der Waals surface area contributed by atoms with Crippen LogP contribution in [0, 0.1) is 12.3 Å². The molecule has 3 amide bonds. The molecule has 1 aromatic heterocycles. The molecule has 1 saturated heterocycles. The van der Waals surface area contributed by atoms with Gasteiger partial charge in [-0.1, -0.05) is 37.7 Å². The third-order valence-corrected chi connectivity index (χ3v) is 6.27. The van der Waals surface area contributed by atoms with Gasteiger partial charge >= 0.3 is 0 Å². The molecule has 1 unspecified atom stereocenters. The van der Waals surface area contributed by atoms with Crippen molar-refractivity contribution in [2.24, 2.45) is 5.41 Å². The average molecular weight is 413 g/mol. The molecule has 2 aliphatic rings. The maximum Gasteiger partial charge on any atom is 0.289 e. The molecule has 152 valence electrons. The Labute approximate surface area is 174 Å². The minimum Gasteiger partial charge on any atom is -0.466 e. The molecule has 1 fully saturated rings. The van der Waals surface area contributed by atoms with Crippen molar-refractivity contribution in [2.75, 3.05) is 5.75 Å². The van der Waals surface area contributed by atoms with Crippen molar-refractivity contribution in [3.63, 3.8) is 0 Å². The first kappa shape index (κ1) is 19.8. The van der Waals surface area contributed by atoms with E-state index in [9.17, 15) is 14.4 Å². The van der Waals surface area contributed by atoms with Crippen molar-refractivity contribution in [2.45, 2.75) is 46.2 Å². The lowest BCUT2D eigenvalue weighted by Gasteiger charge is -2.34. The van der Waals surface area contributed by atoms with Crippen molar-refractivity contribution >= 4 is 28.8 Å². The number of thioether (sulfide) groups is 1. The SMILES string of the molecule is Cc1cc2c(o1)CC(C)(C)CC2NC(=O)c1cccc(CN2C(=O)CSC2=O)c1. The topological polar surface area (TPSA) is 79.6 Å². The molecule has 2 heterocycles. The number of benzene rings is 1. The first-order valence-electron chi connectivity index (χ1n) is 9.68. The minimum atomic E-state index is -0.239. The van der Waals surface area contributed by atoms with Crippen molar-refractivity contribution in [1.29, 1.82) is 0 Å². The van der Waals surface area contributed by atoms with Gasteiger partial charge in [0.25, 0.3) is 11.1 Å². The van der Waals surface area contributed by atoms with Crippen LogP contribution >= 0.6 is 11.8 Å². The fraction of sp³-hybridized carbons (Fsp3) is 0.409. The Bertz CT molecular complexity index is 978. The number of nitrogens with one attached hydrogen (secondary N) is 1. The largest absolute Gasteiger partial charge is 0.466 e. The van der Waals surface area contributed by atoms with Gasteiger partial charge < -0.3 is 9.73 Å². The van der Waals surface area contributed by atoms with Gasteiger partial charge in [0.05, 0.1) is 18.3 Å². The molecule has 29 heavy (non-hydrogen) atoms. The molecule has 6 nitrogen and oxygen atoms in total. The van der Waals surface area contributed by atoms with Crippen LogP contribution in [-0.2, 0) is 17.8 Å². The number of fused-ring (bicyclic) bond motifs is 1. The van der Waals surface area contributed by atoms with E-state index in [1.807, 2.05) is 19.1 Å². The van der Waals surface area contributed by atoms with Crippen molar-refractivity contribution < 1.29 is 18.8 Å². The number of hydrogen-bond acceptors (Lipinski definition) is 5. The van der Waals surface area contributed by atoms with E-state index < -0.39 is 0 Å². The Hall–Kier alpha value is -2.54. The van der Waals surface area contributed by atoms with Crippen LogP contribution in [-0.4, -0.2) is 27.7 Å². The Kier molecular flexibility index (Phi) is 5.02. The van der Waals surface area contributed by atoms with Crippen molar-refractivity contribution in [1.82, 2.24) is 10.2 Å². The lowest BCUT2D eigenvalue weighted by Crippen LogP contribution is -2.36. The molecule has 1 atom stereocenters. The summed E-state index contributed by atoms with van der Waals surface area (Å²) in [6.45, 7) is 6.46. The summed E-state index contributed by atoms with van der Waals surface area (Å²) in [5, 5.41) is 2.91. The number of aryl methyl sites for hydroxylation is 1. The highest BCUT2D eigenvalue weighted by atomic mass is 32.2. The van der Waals surface area contributed by atoms with Crippen LogP contribution in [0.1, 0.15) is 59.3 Å². The summed E-state index contributed by atoms with van der Waals surface area (Å²) in [4.78, 5) is 37.9. The summed E-state index contributed by atoms with van der Waals surface area (Å²) in [5.41, 5.74) is 2.35. The fourth-order valence-electron chi connectivity index (χ4n) is 4.08. The predicted molar refractivity (Wildman–Crippen MR) is 111 cm³/mol. The lowest BCUT2D eigenvalue weighted by atomic mass is 9.74. The predicted octanol–water partition coefficient (Wildman–Crippen LogP) is 4.23. The van der Waals surface area contributed by atoms with Gasteiger partial charge in [-0.3, -0.25) is 19.3 Å². The normalized spacial score (nSPS) is 20.7. The van der Waals surface area contributed by atoms with E-state index in [0.717, 1.165) is 47.3 Å². The van der Waals surface area contributed by atoms with Crippen LogP contribution in [0.4, 0.5) is 4.79 Å². The minimum absolute atomic E-state index is 0.0330. The first-order chi connectivity index (χ1) is 13.7. The van der Waals surface area contributed by atoms with Gasteiger partial charge in [0.15, 0.2) is 0 Å². The second-order valence-corrected chi connectivity index (χ2v) is 9.47. The van der Waals surface area contributed by atoms with Crippen molar-refractivity contribution in [3.05, 3.63) is 58.5 Å². The zero-order valence-corrected chi connectivity index (χ0v) is 17.6. The zero-order valence-electron chi connectivity index (χ0n) is 16.8. The highest BCUT2D eigenvalue weighted by molar-refractivity contribution is 8.14. The zero-order chi connectivity index (χ0) is 20.8. The van der Waals surface area contributed by atoms with Gasteiger partial charge in [-0.2, -0.15) is 0 Å². The number of amides is 3. The number of furan rings is 1. The van der Waals surface area contributed by atoms with Crippen LogP contribution in [0.3, 0.4) is 0 Å². The molecule has 0 spiro atoms. The van der Waals surface area contributed by atoms with Crippen LogP contribution in [0.2, 0.25) is 0 Å². The number of rotatable bonds is 4. The summed E-state index contributed by atoms with van der Waals surface area (Å²) in [7, 11) is 0. The van der Waals surface area contributed by atoms with Gasteiger partial charge in [-0.25, -0.2) is 0 Å². The number of imide groups is 1. The molecule has 1 aromatic carbocycles. The van der Waals surface area contributed by atoms with E-state index >= 15 is 0 Å². The van der Waals surface area contributed by atoms with E-state index in [0.29, 0.717) is 5.56 Å². The molecule has 1 aliphatic heterocycles. The number of nitrogens with zero attached hydrogens (tertiary/aromatic N) is 1. The van der Waals surface area contributed by atoms with E-state index in [1.54, 1.807) is 18.2 Å². The average Bonchev–Trinajstić information content (AvgIpc) is 3.17. The monoisotopic (exact) mass is 412 g/mol. The smallest absolute Gasteiger partial charge is 0.289 e. The lowest BCUT2D eigenvalue weighted by molar-refractivity contribution is -0.125. The van der Waals surface area contributed by atoms with Crippen LogP contribution in [0.5, 0.6) is 0 Å². The van der Waals surface area contributed by atoms with E-state index in [-0.39, 0.29) is 40.8 Å². The van der Waals surface area contributed by atoms with E-state index in [1.165, 1.54) is 4.90 Å². The Morgan fingerprint density at radius 3 is 2.83 bits per heavy atom.